The van der Waals surface area contributed by atoms with Crippen molar-refractivity contribution in [1.29, 1.82) is 0 Å². The maximum atomic E-state index is 13.1. The molecular formula is C36H36Cl2F6N4O3. The molecule has 51 heavy (non-hydrogen) atoms. The Kier molecular flexibility index (Phi) is 12.1. The van der Waals surface area contributed by atoms with Crippen LogP contribution in [0.3, 0.4) is 0 Å². The van der Waals surface area contributed by atoms with Gasteiger partial charge in [-0.3, -0.25) is 9.89 Å². The quantitative estimate of drug-likeness (QED) is 0.137. The van der Waals surface area contributed by atoms with E-state index in [0.29, 0.717) is 35.7 Å². The molecule has 0 aliphatic rings. The van der Waals surface area contributed by atoms with E-state index >= 15 is 0 Å². The Hall–Kier alpha value is -4.20. The number of aromatic nitrogens is 2. The van der Waals surface area contributed by atoms with Gasteiger partial charge in [-0.2, -0.15) is 31.4 Å². The molecule has 274 valence electrons. The molecule has 15 heteroatoms. The van der Waals surface area contributed by atoms with Gasteiger partial charge in [0.15, 0.2) is 0 Å². The molecule has 0 aliphatic heterocycles. The lowest BCUT2D eigenvalue weighted by molar-refractivity contribution is -0.138. The van der Waals surface area contributed by atoms with E-state index in [4.69, 9.17) is 37.8 Å². The van der Waals surface area contributed by atoms with Gasteiger partial charge in [-0.1, -0.05) is 44.0 Å². The molecule has 0 saturated heterocycles. The van der Waals surface area contributed by atoms with Crippen LogP contribution in [0.15, 0.2) is 75.6 Å². The molecule has 0 saturated carbocycles. The van der Waals surface area contributed by atoms with E-state index in [0.717, 1.165) is 17.8 Å². The van der Waals surface area contributed by atoms with Gasteiger partial charge >= 0.3 is 12.4 Å². The Morgan fingerprint density at radius 3 is 1.67 bits per heavy atom. The van der Waals surface area contributed by atoms with Crippen molar-refractivity contribution in [2.75, 3.05) is 0 Å². The largest absolute Gasteiger partial charge is 0.461 e. The summed E-state index contributed by atoms with van der Waals surface area (Å²) >= 11 is 11.2. The fourth-order valence-corrected chi connectivity index (χ4v) is 5.32. The van der Waals surface area contributed by atoms with Gasteiger partial charge < -0.3 is 19.9 Å². The van der Waals surface area contributed by atoms with Gasteiger partial charge in [-0.15, -0.1) is 0 Å². The van der Waals surface area contributed by atoms with E-state index in [2.05, 4.69) is 15.5 Å². The fraction of sp³-hybridized carbons (Fsp3) is 0.333. The second kappa shape index (κ2) is 15.6. The molecule has 2 atom stereocenters. The molecule has 0 bridgehead atoms. The number of alkyl halides is 6. The van der Waals surface area contributed by atoms with Gasteiger partial charge in [0, 0.05) is 47.2 Å². The lowest BCUT2D eigenvalue weighted by Crippen LogP contribution is -2.34. The monoisotopic (exact) mass is 756 g/mol. The third-order valence-corrected chi connectivity index (χ3v) is 8.12. The number of benzene rings is 2. The minimum absolute atomic E-state index is 0.0787. The Morgan fingerprint density at radius 2 is 1.25 bits per heavy atom. The van der Waals surface area contributed by atoms with Crippen molar-refractivity contribution in [3.8, 4) is 22.6 Å². The first-order chi connectivity index (χ1) is 23.6. The van der Waals surface area contributed by atoms with Gasteiger partial charge in [-0.05, 0) is 80.6 Å². The second-order valence-corrected chi connectivity index (χ2v) is 13.9. The van der Waals surface area contributed by atoms with Crippen LogP contribution < -0.4 is 11.1 Å². The van der Waals surface area contributed by atoms with E-state index in [-0.39, 0.29) is 50.5 Å². The van der Waals surface area contributed by atoms with E-state index in [1.807, 2.05) is 34.6 Å². The van der Waals surface area contributed by atoms with Crippen molar-refractivity contribution in [2.24, 2.45) is 5.73 Å². The molecule has 0 fully saturated rings. The van der Waals surface area contributed by atoms with Crippen LogP contribution in [0, 0.1) is 0 Å². The fourth-order valence-electron chi connectivity index (χ4n) is 4.87. The first-order valence-corrected chi connectivity index (χ1v) is 16.4. The number of nitrogens with one attached hydrogen (secondary N) is 2. The third-order valence-electron chi connectivity index (χ3n) is 7.46. The molecule has 2 unspecified atom stereocenters. The second-order valence-electron chi connectivity index (χ2n) is 13.1. The lowest BCUT2D eigenvalue weighted by atomic mass is 9.92. The number of carbonyl (C=O) groups excluding carboxylic acids is 1. The number of amides is 1. The standard InChI is InChI=1S/C22H23ClF3N3O2.C14H13ClF3NO/c1-12(27-20(30)17-11-19(29-28-17)21(2,3)4)9-14-6-8-18(31-14)13-5-7-16(23)15(10-13)22(24,25)26;1-8(19)6-10-3-5-13(20-10)9-2-4-12(15)11(7-9)14(16,17)18/h5-8,10-12H,9H2,1-4H3,(H,27,30)(H,28,29);2-5,7-8H,6,19H2,1H3. The van der Waals surface area contributed by atoms with E-state index in [9.17, 15) is 31.1 Å². The van der Waals surface area contributed by atoms with Gasteiger partial charge in [-0.25, -0.2) is 0 Å². The molecule has 3 aromatic heterocycles. The zero-order chi connectivity index (χ0) is 37.9. The van der Waals surface area contributed by atoms with Crippen LogP contribution in [-0.2, 0) is 30.6 Å². The van der Waals surface area contributed by atoms with Gasteiger partial charge in [0.25, 0.3) is 5.91 Å². The van der Waals surface area contributed by atoms with Crippen molar-refractivity contribution in [3.05, 3.63) is 111 Å². The number of halogens is 8. The van der Waals surface area contributed by atoms with Crippen LogP contribution >= 0.6 is 23.2 Å². The highest BCUT2D eigenvalue weighted by Crippen LogP contribution is 2.39. The molecule has 5 aromatic rings. The molecule has 7 nitrogen and oxygen atoms in total. The van der Waals surface area contributed by atoms with Gasteiger partial charge in [0.2, 0.25) is 0 Å². The zero-order valence-corrected chi connectivity index (χ0v) is 29.7. The summed E-state index contributed by atoms with van der Waals surface area (Å²) in [5, 5.41) is 9.08. The molecule has 0 spiro atoms. The maximum absolute atomic E-state index is 13.1. The average Bonchev–Trinajstić information content (AvgIpc) is 3.78. The van der Waals surface area contributed by atoms with E-state index in [1.165, 1.54) is 24.3 Å². The highest BCUT2D eigenvalue weighted by molar-refractivity contribution is 6.31. The summed E-state index contributed by atoms with van der Waals surface area (Å²) in [6.07, 6.45) is -8.16. The molecule has 0 radical (unpaired) electrons. The SMILES string of the molecule is CC(Cc1ccc(-c2ccc(Cl)c(C(F)(F)F)c2)o1)NC(=O)c1cc(C(C)(C)C)[nH]n1.CC(N)Cc1ccc(-c2ccc(Cl)c(C(F)(F)F)c2)o1. The van der Waals surface area contributed by atoms with Crippen LogP contribution in [0.5, 0.6) is 0 Å². The summed E-state index contributed by atoms with van der Waals surface area (Å²) in [5.41, 5.74) is 5.44. The molecular weight excluding hydrogens is 721 g/mol. The number of furan rings is 2. The Balaban J connectivity index is 0.000000251. The average molecular weight is 758 g/mol. The van der Waals surface area contributed by atoms with Crippen LogP contribution in [0.4, 0.5) is 26.3 Å². The lowest BCUT2D eigenvalue weighted by Gasteiger charge is -2.14. The number of nitrogens with two attached hydrogens (primary N) is 1. The topological polar surface area (TPSA) is 110 Å². The third kappa shape index (κ3) is 10.7. The predicted octanol–water partition coefficient (Wildman–Crippen LogP) is 10.5. The number of carbonyl (C=O) groups is 1. The van der Waals surface area contributed by atoms with Crippen molar-refractivity contribution in [2.45, 2.75) is 77.3 Å². The number of aromatic amines is 1. The summed E-state index contributed by atoms with van der Waals surface area (Å²) in [5.74, 6) is 1.50. The van der Waals surface area contributed by atoms with Crippen molar-refractivity contribution < 1.29 is 40.0 Å². The Labute approximate surface area is 300 Å². The van der Waals surface area contributed by atoms with Crippen molar-refractivity contribution in [1.82, 2.24) is 15.5 Å². The zero-order valence-electron chi connectivity index (χ0n) is 28.2. The van der Waals surface area contributed by atoms with E-state index in [1.54, 1.807) is 30.3 Å². The highest BCUT2D eigenvalue weighted by Gasteiger charge is 2.34. The molecule has 0 aliphatic carbocycles. The van der Waals surface area contributed by atoms with Crippen LogP contribution in [0.1, 0.15) is 73.4 Å². The molecule has 5 rings (SSSR count). The number of nitrogens with zero attached hydrogens (tertiary/aromatic N) is 1. The molecule has 1 amide bonds. The first-order valence-electron chi connectivity index (χ1n) is 15.7. The van der Waals surface area contributed by atoms with Crippen molar-refractivity contribution in [3.63, 3.8) is 0 Å². The first kappa shape index (κ1) is 39.6. The summed E-state index contributed by atoms with van der Waals surface area (Å²) in [7, 11) is 0. The highest BCUT2D eigenvalue weighted by atomic mass is 35.5. The Bertz CT molecular complexity index is 1950. The minimum atomic E-state index is -4.56. The smallest absolute Gasteiger partial charge is 0.417 e. The van der Waals surface area contributed by atoms with E-state index < -0.39 is 23.5 Å². The van der Waals surface area contributed by atoms with Crippen LogP contribution in [-0.4, -0.2) is 28.2 Å². The molecule has 2 aromatic carbocycles. The van der Waals surface area contributed by atoms with Crippen molar-refractivity contribution >= 4 is 29.1 Å². The summed E-state index contributed by atoms with van der Waals surface area (Å²) in [6, 6.07) is 15.3. The molecule has 4 N–H and O–H groups in total. The van der Waals surface area contributed by atoms with Gasteiger partial charge in [0.1, 0.15) is 28.7 Å². The number of rotatable bonds is 8. The summed E-state index contributed by atoms with van der Waals surface area (Å²) < 4.78 is 88.8. The minimum Gasteiger partial charge on any atom is -0.461 e. The maximum Gasteiger partial charge on any atom is 0.417 e. The van der Waals surface area contributed by atoms with Gasteiger partial charge in [0.05, 0.1) is 21.2 Å². The number of hydrogen-bond acceptors (Lipinski definition) is 5. The predicted molar refractivity (Wildman–Crippen MR) is 184 cm³/mol. The summed E-state index contributed by atoms with van der Waals surface area (Å²) in [6.45, 7) is 9.67. The van der Waals surface area contributed by atoms with Crippen LogP contribution in [0.25, 0.3) is 22.6 Å². The van der Waals surface area contributed by atoms with Crippen LogP contribution in [0.2, 0.25) is 10.0 Å². The Morgan fingerprint density at radius 1 is 0.784 bits per heavy atom. The summed E-state index contributed by atoms with van der Waals surface area (Å²) in [4.78, 5) is 12.4. The molecule has 3 heterocycles. The number of hydrogen-bond donors (Lipinski definition) is 3. The normalized spacial score (nSPS) is 13.4. The number of H-pyrrole nitrogens is 1.